The van der Waals surface area contributed by atoms with Crippen LogP contribution in [-0.2, 0) is 11.3 Å². The Morgan fingerprint density at radius 3 is 2.74 bits per heavy atom. The molecule has 3 N–H and O–H groups in total. The van der Waals surface area contributed by atoms with E-state index in [2.05, 4.69) is 46.6 Å². The molecule has 4 rings (SSSR count). The Bertz CT molecular complexity index is 729. The van der Waals surface area contributed by atoms with Crippen molar-refractivity contribution >= 4 is 5.91 Å². The lowest BCUT2D eigenvalue weighted by Crippen LogP contribution is -2.53. The van der Waals surface area contributed by atoms with Gasteiger partial charge in [0, 0.05) is 32.1 Å². The number of carbonyl (C=O) groups is 1. The standard InChI is InChI=1S/C19H21N3O/c20-11-14-7-4-8-15-17(14)16(13-5-2-1-3-6-13)12-22-10-9-21-19(23)18(15)22/h1-8,16,18H,9-12,20H2,(H,21,23)/t16-,18-/m0/s1. The highest BCUT2D eigenvalue weighted by molar-refractivity contribution is 5.85. The van der Waals surface area contributed by atoms with E-state index in [0.29, 0.717) is 6.54 Å². The summed E-state index contributed by atoms with van der Waals surface area (Å²) in [5, 5.41) is 3.00. The first-order valence-electron chi connectivity index (χ1n) is 8.18. The van der Waals surface area contributed by atoms with Crippen molar-refractivity contribution in [2.24, 2.45) is 5.73 Å². The van der Waals surface area contributed by atoms with Gasteiger partial charge in [0.2, 0.25) is 5.91 Å². The van der Waals surface area contributed by atoms with Crippen LogP contribution in [0.3, 0.4) is 0 Å². The molecule has 0 aromatic heterocycles. The minimum absolute atomic E-state index is 0.109. The van der Waals surface area contributed by atoms with Crippen molar-refractivity contribution in [3.05, 3.63) is 70.8 Å². The number of amides is 1. The van der Waals surface area contributed by atoms with E-state index in [9.17, 15) is 4.79 Å². The number of hydrogen-bond donors (Lipinski definition) is 2. The molecular formula is C19H21N3O. The zero-order chi connectivity index (χ0) is 15.8. The van der Waals surface area contributed by atoms with Gasteiger partial charge in [-0.05, 0) is 22.3 Å². The third-order valence-corrected chi connectivity index (χ3v) is 5.02. The average Bonchev–Trinajstić information content (AvgIpc) is 2.61. The molecule has 0 radical (unpaired) electrons. The Balaban J connectivity index is 1.90. The fourth-order valence-corrected chi connectivity index (χ4v) is 4.01. The zero-order valence-electron chi connectivity index (χ0n) is 13.0. The van der Waals surface area contributed by atoms with Crippen molar-refractivity contribution in [2.75, 3.05) is 19.6 Å². The van der Waals surface area contributed by atoms with E-state index in [-0.39, 0.29) is 17.9 Å². The molecule has 0 saturated carbocycles. The molecule has 118 valence electrons. The lowest BCUT2D eigenvalue weighted by atomic mass is 9.78. The highest BCUT2D eigenvalue weighted by Crippen LogP contribution is 2.41. The predicted molar refractivity (Wildman–Crippen MR) is 89.9 cm³/mol. The fourth-order valence-electron chi connectivity index (χ4n) is 4.01. The lowest BCUT2D eigenvalue weighted by molar-refractivity contribution is -0.129. The van der Waals surface area contributed by atoms with Crippen molar-refractivity contribution in [3.8, 4) is 0 Å². The van der Waals surface area contributed by atoms with Gasteiger partial charge in [0.1, 0.15) is 6.04 Å². The van der Waals surface area contributed by atoms with Crippen LogP contribution >= 0.6 is 0 Å². The second-order valence-electron chi connectivity index (χ2n) is 6.28. The molecule has 23 heavy (non-hydrogen) atoms. The van der Waals surface area contributed by atoms with Gasteiger partial charge in [0.15, 0.2) is 0 Å². The van der Waals surface area contributed by atoms with Crippen LogP contribution in [0.15, 0.2) is 48.5 Å². The van der Waals surface area contributed by atoms with Crippen molar-refractivity contribution in [2.45, 2.75) is 18.5 Å². The number of fused-ring (bicyclic) bond motifs is 3. The summed E-state index contributed by atoms with van der Waals surface area (Å²) < 4.78 is 0. The minimum Gasteiger partial charge on any atom is -0.353 e. The van der Waals surface area contributed by atoms with E-state index in [4.69, 9.17) is 5.73 Å². The molecule has 2 aromatic rings. The zero-order valence-corrected chi connectivity index (χ0v) is 13.0. The summed E-state index contributed by atoms with van der Waals surface area (Å²) in [5.74, 6) is 0.381. The van der Waals surface area contributed by atoms with E-state index in [0.717, 1.165) is 30.8 Å². The van der Waals surface area contributed by atoms with Gasteiger partial charge in [-0.1, -0.05) is 48.5 Å². The molecular weight excluding hydrogens is 286 g/mol. The number of piperazine rings is 1. The quantitative estimate of drug-likeness (QED) is 0.889. The maximum absolute atomic E-state index is 12.5. The summed E-state index contributed by atoms with van der Waals surface area (Å²) in [5.41, 5.74) is 10.8. The molecule has 2 aromatic carbocycles. The Morgan fingerprint density at radius 1 is 1.13 bits per heavy atom. The van der Waals surface area contributed by atoms with Gasteiger partial charge < -0.3 is 11.1 Å². The van der Waals surface area contributed by atoms with Crippen LogP contribution < -0.4 is 11.1 Å². The normalized spacial score (nSPS) is 23.8. The predicted octanol–water partition coefficient (Wildman–Crippen LogP) is 1.76. The first-order valence-corrected chi connectivity index (χ1v) is 8.18. The highest BCUT2D eigenvalue weighted by Gasteiger charge is 2.40. The number of nitrogens with one attached hydrogen (secondary N) is 1. The van der Waals surface area contributed by atoms with Gasteiger partial charge in [-0.3, -0.25) is 9.69 Å². The van der Waals surface area contributed by atoms with Crippen molar-refractivity contribution < 1.29 is 4.79 Å². The van der Waals surface area contributed by atoms with Crippen LogP contribution in [0.2, 0.25) is 0 Å². The van der Waals surface area contributed by atoms with Gasteiger partial charge in [-0.25, -0.2) is 0 Å². The number of hydrogen-bond acceptors (Lipinski definition) is 3. The molecule has 0 bridgehead atoms. The first-order chi connectivity index (χ1) is 11.3. The molecule has 4 heteroatoms. The number of rotatable bonds is 2. The molecule has 2 heterocycles. The van der Waals surface area contributed by atoms with Crippen LogP contribution in [0.4, 0.5) is 0 Å². The van der Waals surface area contributed by atoms with Gasteiger partial charge in [-0.15, -0.1) is 0 Å². The fraction of sp³-hybridized carbons (Fsp3) is 0.316. The smallest absolute Gasteiger partial charge is 0.242 e. The summed E-state index contributed by atoms with van der Waals surface area (Å²) >= 11 is 0. The van der Waals surface area contributed by atoms with Crippen LogP contribution in [0.5, 0.6) is 0 Å². The molecule has 2 aliphatic rings. The Morgan fingerprint density at radius 2 is 1.96 bits per heavy atom. The maximum Gasteiger partial charge on any atom is 0.242 e. The first kappa shape index (κ1) is 14.4. The highest BCUT2D eigenvalue weighted by atomic mass is 16.2. The van der Waals surface area contributed by atoms with E-state index in [1.165, 1.54) is 11.1 Å². The SMILES string of the molecule is NCc1cccc2c1[C@H](c1ccccc1)CN1CCNC(=O)[C@H]21. The second-order valence-corrected chi connectivity index (χ2v) is 6.28. The van der Waals surface area contributed by atoms with Crippen LogP contribution in [0.25, 0.3) is 0 Å². The van der Waals surface area contributed by atoms with Gasteiger partial charge >= 0.3 is 0 Å². The third kappa shape index (κ3) is 2.35. The van der Waals surface area contributed by atoms with Crippen LogP contribution in [-0.4, -0.2) is 30.4 Å². The Labute approximate surface area is 136 Å². The third-order valence-electron chi connectivity index (χ3n) is 5.02. The topological polar surface area (TPSA) is 58.4 Å². The van der Waals surface area contributed by atoms with Crippen molar-refractivity contribution in [3.63, 3.8) is 0 Å². The molecule has 1 amide bonds. The van der Waals surface area contributed by atoms with Gasteiger partial charge in [0.05, 0.1) is 0 Å². The maximum atomic E-state index is 12.5. The lowest BCUT2D eigenvalue weighted by Gasteiger charge is -2.44. The molecule has 1 saturated heterocycles. The minimum atomic E-state index is -0.176. The summed E-state index contributed by atoms with van der Waals surface area (Å²) in [6.45, 7) is 2.99. The number of nitrogens with zero attached hydrogens (tertiary/aromatic N) is 1. The van der Waals surface area contributed by atoms with E-state index < -0.39 is 0 Å². The number of benzene rings is 2. The molecule has 0 unspecified atom stereocenters. The van der Waals surface area contributed by atoms with Crippen LogP contribution in [0.1, 0.15) is 34.2 Å². The Hall–Kier alpha value is -2.17. The molecule has 0 aliphatic carbocycles. The molecule has 4 nitrogen and oxygen atoms in total. The summed E-state index contributed by atoms with van der Waals surface area (Å²) in [6.07, 6.45) is 0. The van der Waals surface area contributed by atoms with E-state index in [1.807, 2.05) is 12.1 Å². The summed E-state index contributed by atoms with van der Waals surface area (Å²) in [6, 6.07) is 16.6. The number of nitrogens with two attached hydrogens (primary N) is 1. The molecule has 1 fully saturated rings. The molecule has 0 spiro atoms. The largest absolute Gasteiger partial charge is 0.353 e. The van der Waals surface area contributed by atoms with E-state index in [1.54, 1.807) is 0 Å². The van der Waals surface area contributed by atoms with Gasteiger partial charge in [-0.2, -0.15) is 0 Å². The Kier molecular flexibility index (Phi) is 3.63. The van der Waals surface area contributed by atoms with Crippen molar-refractivity contribution in [1.29, 1.82) is 0 Å². The summed E-state index contributed by atoms with van der Waals surface area (Å²) in [4.78, 5) is 14.8. The summed E-state index contributed by atoms with van der Waals surface area (Å²) in [7, 11) is 0. The molecule has 2 atom stereocenters. The average molecular weight is 307 g/mol. The van der Waals surface area contributed by atoms with Crippen molar-refractivity contribution in [1.82, 2.24) is 10.2 Å². The number of carbonyl (C=O) groups excluding carboxylic acids is 1. The molecule has 2 aliphatic heterocycles. The van der Waals surface area contributed by atoms with Crippen LogP contribution in [0, 0.1) is 0 Å². The second kappa shape index (κ2) is 5.80. The van der Waals surface area contributed by atoms with Gasteiger partial charge in [0.25, 0.3) is 0 Å². The monoisotopic (exact) mass is 307 g/mol. The van der Waals surface area contributed by atoms with E-state index >= 15 is 0 Å².